The molecule has 7 heteroatoms. The molecule has 29 heavy (non-hydrogen) atoms. The van der Waals surface area contributed by atoms with E-state index in [4.69, 9.17) is 0 Å². The third kappa shape index (κ3) is 3.87. The second-order valence-corrected chi connectivity index (χ2v) is 8.11. The number of thioether (sulfide) groups is 1. The molecule has 0 radical (unpaired) electrons. The van der Waals surface area contributed by atoms with E-state index in [1.54, 1.807) is 28.8 Å². The summed E-state index contributed by atoms with van der Waals surface area (Å²) >= 11 is 1.61. The number of piperidine rings is 1. The van der Waals surface area contributed by atoms with Crippen LogP contribution in [0.2, 0.25) is 0 Å². The average molecular weight is 410 g/mol. The Kier molecular flexibility index (Phi) is 5.58. The summed E-state index contributed by atoms with van der Waals surface area (Å²) in [5.41, 5.74) is 1.30. The van der Waals surface area contributed by atoms with Crippen molar-refractivity contribution in [2.75, 3.05) is 30.8 Å². The third-order valence-electron chi connectivity index (χ3n) is 5.52. The molecule has 4 rings (SSSR count). The van der Waals surface area contributed by atoms with Crippen LogP contribution in [0.4, 0.5) is 10.5 Å². The highest BCUT2D eigenvalue weighted by atomic mass is 32.2. The molecule has 0 spiro atoms. The van der Waals surface area contributed by atoms with Gasteiger partial charge in [0.25, 0.3) is 11.8 Å². The lowest BCUT2D eigenvalue weighted by molar-refractivity contribution is -0.116. The summed E-state index contributed by atoms with van der Waals surface area (Å²) < 4.78 is 0. The normalized spacial score (nSPS) is 17.9. The number of amides is 4. The summed E-state index contributed by atoms with van der Waals surface area (Å²) in [6.45, 7) is 1.26. The van der Waals surface area contributed by atoms with Crippen molar-refractivity contribution in [3.05, 3.63) is 60.2 Å². The van der Waals surface area contributed by atoms with Crippen LogP contribution in [0.15, 0.2) is 59.5 Å². The number of carbonyl (C=O) groups is 3. The van der Waals surface area contributed by atoms with Crippen molar-refractivity contribution in [2.45, 2.75) is 23.8 Å². The number of rotatable bonds is 4. The minimum Gasteiger partial charge on any atom is -0.338 e. The van der Waals surface area contributed by atoms with Gasteiger partial charge in [-0.1, -0.05) is 24.3 Å². The van der Waals surface area contributed by atoms with E-state index in [2.05, 4.69) is 0 Å². The van der Waals surface area contributed by atoms with Crippen LogP contribution in [-0.4, -0.2) is 59.6 Å². The highest BCUT2D eigenvalue weighted by Crippen LogP contribution is 2.27. The molecule has 6 nitrogen and oxygen atoms in total. The van der Waals surface area contributed by atoms with Crippen molar-refractivity contribution in [1.29, 1.82) is 0 Å². The van der Waals surface area contributed by atoms with Crippen LogP contribution in [0.25, 0.3) is 0 Å². The first-order valence-electron chi connectivity index (χ1n) is 9.70. The molecule has 2 fully saturated rings. The number of hydrogen-bond acceptors (Lipinski definition) is 4. The second kappa shape index (κ2) is 8.29. The van der Waals surface area contributed by atoms with Crippen molar-refractivity contribution in [3.8, 4) is 0 Å². The van der Waals surface area contributed by atoms with Crippen LogP contribution in [0.1, 0.15) is 23.2 Å². The molecule has 2 aliphatic rings. The average Bonchev–Trinajstić information content (AvgIpc) is 3.07. The van der Waals surface area contributed by atoms with Crippen molar-refractivity contribution in [2.24, 2.45) is 0 Å². The van der Waals surface area contributed by atoms with Gasteiger partial charge in [0.2, 0.25) is 0 Å². The van der Waals surface area contributed by atoms with Gasteiger partial charge in [0, 0.05) is 29.6 Å². The van der Waals surface area contributed by atoms with E-state index < -0.39 is 0 Å². The van der Waals surface area contributed by atoms with E-state index in [1.807, 2.05) is 53.6 Å². The van der Waals surface area contributed by atoms with Crippen LogP contribution >= 0.6 is 11.8 Å². The van der Waals surface area contributed by atoms with Crippen molar-refractivity contribution >= 4 is 35.3 Å². The number of anilines is 1. The van der Waals surface area contributed by atoms with Gasteiger partial charge >= 0.3 is 6.03 Å². The molecule has 2 aromatic rings. The molecule has 0 atom stereocenters. The molecule has 2 aliphatic heterocycles. The van der Waals surface area contributed by atoms with Crippen molar-refractivity contribution in [3.63, 3.8) is 0 Å². The monoisotopic (exact) mass is 409 g/mol. The zero-order valence-electron chi connectivity index (χ0n) is 16.3. The molecule has 150 valence electrons. The number of nitrogens with zero attached hydrogens (tertiary/aromatic N) is 3. The fraction of sp³-hybridized carbons (Fsp3) is 0.318. The predicted octanol–water partition coefficient (Wildman–Crippen LogP) is 3.48. The molecular weight excluding hydrogens is 386 g/mol. The molecule has 2 saturated heterocycles. The standard InChI is InChI=1S/C22H23N3O3S/c1-29-19-9-5-6-16(14-19)21(27)23-12-10-17(11-13-23)24-15-20(26)25(22(24)28)18-7-3-2-4-8-18/h2-9,14,17H,10-13,15H2,1H3. The number of para-hydroxylation sites is 1. The number of imide groups is 1. The zero-order valence-corrected chi connectivity index (χ0v) is 17.1. The topological polar surface area (TPSA) is 60.9 Å². The number of hydrogen-bond donors (Lipinski definition) is 0. The van der Waals surface area contributed by atoms with Crippen LogP contribution in [0, 0.1) is 0 Å². The van der Waals surface area contributed by atoms with Gasteiger partial charge in [0.15, 0.2) is 0 Å². The summed E-state index contributed by atoms with van der Waals surface area (Å²) in [5, 5.41) is 0. The SMILES string of the molecule is CSc1cccc(C(=O)N2CCC(N3CC(=O)N(c4ccccc4)C3=O)CC2)c1. The van der Waals surface area contributed by atoms with Crippen molar-refractivity contribution in [1.82, 2.24) is 9.80 Å². The molecular formula is C22H23N3O3S. The lowest BCUT2D eigenvalue weighted by Crippen LogP contribution is -2.48. The van der Waals surface area contributed by atoms with E-state index in [9.17, 15) is 14.4 Å². The summed E-state index contributed by atoms with van der Waals surface area (Å²) in [5.74, 6) is -0.178. The van der Waals surface area contributed by atoms with Gasteiger partial charge in [0.1, 0.15) is 6.54 Å². The van der Waals surface area contributed by atoms with Crippen LogP contribution < -0.4 is 4.90 Å². The van der Waals surface area contributed by atoms with Gasteiger partial charge in [-0.05, 0) is 49.4 Å². The van der Waals surface area contributed by atoms with E-state index in [0.29, 0.717) is 37.2 Å². The molecule has 0 aliphatic carbocycles. The second-order valence-electron chi connectivity index (χ2n) is 7.23. The molecule has 0 bridgehead atoms. The Labute approximate surface area is 174 Å². The van der Waals surface area contributed by atoms with Crippen molar-refractivity contribution < 1.29 is 14.4 Å². The summed E-state index contributed by atoms with van der Waals surface area (Å²) in [4.78, 5) is 44.0. The van der Waals surface area contributed by atoms with Crippen LogP contribution in [-0.2, 0) is 4.79 Å². The lowest BCUT2D eigenvalue weighted by atomic mass is 10.0. The molecule has 0 unspecified atom stereocenters. The molecule has 2 heterocycles. The minimum atomic E-state index is -0.265. The first-order valence-corrected chi connectivity index (χ1v) is 10.9. The number of benzene rings is 2. The maximum Gasteiger partial charge on any atom is 0.332 e. The van der Waals surface area contributed by atoms with Crippen LogP contribution in [0.3, 0.4) is 0 Å². The fourth-order valence-corrected chi connectivity index (χ4v) is 4.41. The molecule has 0 saturated carbocycles. The smallest absolute Gasteiger partial charge is 0.332 e. The van der Waals surface area contributed by atoms with Gasteiger partial charge in [-0.3, -0.25) is 9.59 Å². The van der Waals surface area contributed by atoms with Gasteiger partial charge in [-0.15, -0.1) is 11.8 Å². The van der Waals surface area contributed by atoms with Gasteiger partial charge in [-0.25, -0.2) is 9.69 Å². The van der Waals surface area contributed by atoms with E-state index in [1.165, 1.54) is 4.90 Å². The first kappa shape index (κ1) is 19.5. The van der Waals surface area contributed by atoms with E-state index in [-0.39, 0.29) is 30.4 Å². The molecule has 0 N–H and O–H groups in total. The first-order chi connectivity index (χ1) is 14.1. The summed E-state index contributed by atoms with van der Waals surface area (Å²) in [6, 6.07) is 16.4. The highest BCUT2D eigenvalue weighted by molar-refractivity contribution is 7.98. The predicted molar refractivity (Wildman–Crippen MR) is 113 cm³/mol. The maximum atomic E-state index is 12.9. The highest BCUT2D eigenvalue weighted by Gasteiger charge is 2.41. The molecule has 2 aromatic carbocycles. The Bertz CT molecular complexity index is 926. The summed E-state index contributed by atoms with van der Waals surface area (Å²) in [6.07, 6.45) is 3.34. The Morgan fingerprint density at radius 1 is 1.00 bits per heavy atom. The number of likely N-dealkylation sites (tertiary alicyclic amines) is 1. The van der Waals surface area contributed by atoms with Gasteiger partial charge < -0.3 is 9.80 Å². The number of urea groups is 1. The number of carbonyl (C=O) groups excluding carboxylic acids is 3. The fourth-order valence-electron chi connectivity index (χ4n) is 3.96. The van der Waals surface area contributed by atoms with Gasteiger partial charge in [-0.2, -0.15) is 0 Å². The van der Waals surface area contributed by atoms with Crippen LogP contribution in [0.5, 0.6) is 0 Å². The van der Waals surface area contributed by atoms with E-state index in [0.717, 1.165) is 4.90 Å². The van der Waals surface area contributed by atoms with Gasteiger partial charge in [0.05, 0.1) is 5.69 Å². The quantitative estimate of drug-likeness (QED) is 0.573. The lowest BCUT2D eigenvalue weighted by Gasteiger charge is -2.36. The maximum absolute atomic E-state index is 12.9. The largest absolute Gasteiger partial charge is 0.338 e. The third-order valence-corrected chi connectivity index (χ3v) is 6.24. The summed E-state index contributed by atoms with van der Waals surface area (Å²) in [7, 11) is 0. The zero-order chi connectivity index (χ0) is 20.4. The molecule has 0 aromatic heterocycles. The Morgan fingerprint density at radius 3 is 2.41 bits per heavy atom. The Balaban J connectivity index is 1.40. The Morgan fingerprint density at radius 2 is 1.72 bits per heavy atom. The minimum absolute atomic E-state index is 0.0223. The Hall–Kier alpha value is -2.80. The molecule has 4 amide bonds. The van der Waals surface area contributed by atoms with E-state index >= 15 is 0 Å².